The molecule has 0 bridgehead atoms. The number of amides is 2. The first kappa shape index (κ1) is 24.0. The second-order valence-corrected chi connectivity index (χ2v) is 9.06. The standard InChI is InChI=1S/C17H24F4N6O2S/c1-8(2)24-7-11(18)15(22)30(23,29)27-16(28)26-13-9(3)14(17(19,20)21)25-12-6-4-5-10(12)13/h7-8,15,24H,4-6,22H2,1-3H3,(H3,23,25,26,27,28,29)/b11-7+. The van der Waals surface area contributed by atoms with Crippen molar-refractivity contribution in [3.8, 4) is 0 Å². The van der Waals surface area contributed by atoms with Crippen LogP contribution in [0.15, 0.2) is 16.4 Å². The third kappa shape index (κ3) is 5.46. The Morgan fingerprint density at radius 2 is 1.97 bits per heavy atom. The first-order valence-electron chi connectivity index (χ1n) is 9.05. The molecule has 0 aromatic carbocycles. The molecule has 0 saturated carbocycles. The number of aryl methyl sites for hydroxylation is 1. The molecular formula is C17H24F4N6O2S. The summed E-state index contributed by atoms with van der Waals surface area (Å²) in [4.78, 5) is 16.0. The third-order valence-corrected chi connectivity index (χ3v) is 5.79. The van der Waals surface area contributed by atoms with E-state index in [1.54, 1.807) is 13.8 Å². The van der Waals surface area contributed by atoms with Gasteiger partial charge in [0, 0.05) is 23.5 Å². The van der Waals surface area contributed by atoms with Gasteiger partial charge in [0.1, 0.15) is 21.4 Å². The van der Waals surface area contributed by atoms with Crippen molar-refractivity contribution in [2.75, 3.05) is 5.32 Å². The monoisotopic (exact) mass is 452 g/mol. The Bertz CT molecular complexity index is 983. The lowest BCUT2D eigenvalue weighted by atomic mass is 10.1. The van der Waals surface area contributed by atoms with Gasteiger partial charge in [-0.3, -0.25) is 0 Å². The van der Waals surface area contributed by atoms with E-state index in [0.717, 1.165) is 13.1 Å². The number of rotatable bonds is 5. The van der Waals surface area contributed by atoms with Gasteiger partial charge in [0.25, 0.3) is 0 Å². The van der Waals surface area contributed by atoms with Crippen LogP contribution in [0.1, 0.15) is 42.8 Å². The highest BCUT2D eigenvalue weighted by atomic mass is 32.2. The Morgan fingerprint density at radius 3 is 2.53 bits per heavy atom. The topological polar surface area (TPSA) is 135 Å². The predicted molar refractivity (Wildman–Crippen MR) is 105 cm³/mol. The van der Waals surface area contributed by atoms with Crippen LogP contribution in [0.2, 0.25) is 0 Å². The molecule has 8 nitrogen and oxygen atoms in total. The Labute approximate surface area is 171 Å². The van der Waals surface area contributed by atoms with E-state index in [1.807, 2.05) is 0 Å². The minimum Gasteiger partial charge on any atom is -0.387 e. The van der Waals surface area contributed by atoms with Crippen molar-refractivity contribution in [3.05, 3.63) is 34.5 Å². The third-order valence-electron chi connectivity index (χ3n) is 4.38. The van der Waals surface area contributed by atoms with E-state index >= 15 is 0 Å². The number of aromatic nitrogens is 1. The van der Waals surface area contributed by atoms with Gasteiger partial charge in [0.15, 0.2) is 5.37 Å². The number of halogens is 4. The maximum absolute atomic E-state index is 14.0. The van der Waals surface area contributed by atoms with E-state index in [0.29, 0.717) is 24.8 Å². The summed E-state index contributed by atoms with van der Waals surface area (Å²) >= 11 is 0. The molecule has 0 saturated heterocycles. The van der Waals surface area contributed by atoms with E-state index in [9.17, 15) is 26.6 Å². The van der Waals surface area contributed by atoms with Gasteiger partial charge in [-0.25, -0.2) is 23.5 Å². The summed E-state index contributed by atoms with van der Waals surface area (Å²) in [6.45, 7) is 4.60. The van der Waals surface area contributed by atoms with E-state index in [2.05, 4.69) is 20.0 Å². The molecule has 1 aliphatic carbocycles. The minimum atomic E-state index is -4.72. The van der Waals surface area contributed by atoms with Crippen molar-refractivity contribution >= 4 is 21.6 Å². The van der Waals surface area contributed by atoms with Crippen LogP contribution >= 0.6 is 0 Å². The minimum absolute atomic E-state index is 0.111. The van der Waals surface area contributed by atoms with Crippen LogP contribution in [0.5, 0.6) is 0 Å². The number of carbonyl (C=O) groups excluding carboxylic acids is 1. The van der Waals surface area contributed by atoms with E-state index in [4.69, 9.17) is 10.9 Å². The van der Waals surface area contributed by atoms with Gasteiger partial charge in [-0.1, -0.05) is 0 Å². The SMILES string of the molecule is Cc1c(C(F)(F)F)nc2c(c1NC(=O)N=S(N)(=O)C(N)/C(F)=C\NC(C)C)CCC2. The van der Waals surface area contributed by atoms with Crippen LogP contribution in [0.4, 0.5) is 28.0 Å². The summed E-state index contributed by atoms with van der Waals surface area (Å²) < 4.78 is 69.6. The van der Waals surface area contributed by atoms with Crippen molar-refractivity contribution in [1.82, 2.24) is 10.3 Å². The Balaban J connectivity index is 2.37. The highest BCUT2D eigenvalue weighted by Gasteiger charge is 2.38. The molecule has 30 heavy (non-hydrogen) atoms. The number of pyridine rings is 1. The van der Waals surface area contributed by atoms with Gasteiger partial charge in [-0.15, -0.1) is 4.36 Å². The number of carbonyl (C=O) groups is 1. The van der Waals surface area contributed by atoms with Crippen LogP contribution in [0.25, 0.3) is 0 Å². The zero-order chi connectivity index (χ0) is 22.9. The van der Waals surface area contributed by atoms with Gasteiger partial charge in [-0.05, 0) is 45.6 Å². The van der Waals surface area contributed by atoms with Crippen LogP contribution in [-0.4, -0.2) is 26.6 Å². The van der Waals surface area contributed by atoms with E-state index in [-0.39, 0.29) is 23.0 Å². The number of fused-ring (bicyclic) bond motifs is 1. The maximum atomic E-state index is 14.0. The molecule has 168 valence electrons. The fraction of sp³-hybridized carbons (Fsp3) is 0.529. The average molecular weight is 452 g/mol. The first-order valence-corrected chi connectivity index (χ1v) is 10.7. The fourth-order valence-corrected chi connectivity index (χ4v) is 3.74. The molecular weight excluding hydrogens is 428 g/mol. The maximum Gasteiger partial charge on any atom is 0.433 e. The zero-order valence-corrected chi connectivity index (χ0v) is 17.5. The summed E-state index contributed by atoms with van der Waals surface area (Å²) in [6.07, 6.45) is -2.55. The summed E-state index contributed by atoms with van der Waals surface area (Å²) in [5, 5.41) is 8.33. The quantitative estimate of drug-likeness (QED) is 0.510. The summed E-state index contributed by atoms with van der Waals surface area (Å²) in [7, 11) is -4.07. The second kappa shape index (κ2) is 8.86. The number of urea groups is 1. The summed E-state index contributed by atoms with van der Waals surface area (Å²) in [5.41, 5.74) is 4.64. The summed E-state index contributed by atoms with van der Waals surface area (Å²) in [6, 6.07) is -1.43. The molecule has 0 fully saturated rings. The second-order valence-electron chi connectivity index (χ2n) is 7.14. The molecule has 2 amide bonds. The predicted octanol–water partition coefficient (Wildman–Crippen LogP) is 2.86. The van der Waals surface area contributed by atoms with Crippen molar-refractivity contribution in [1.29, 1.82) is 0 Å². The largest absolute Gasteiger partial charge is 0.433 e. The summed E-state index contributed by atoms with van der Waals surface area (Å²) in [5.74, 6) is -1.09. The van der Waals surface area contributed by atoms with Crippen molar-refractivity contribution in [3.63, 3.8) is 0 Å². The van der Waals surface area contributed by atoms with E-state index < -0.39 is 39.0 Å². The normalized spacial score (nSPS) is 17.3. The number of alkyl halides is 3. The number of anilines is 1. The van der Waals surface area contributed by atoms with Crippen molar-refractivity contribution in [2.24, 2.45) is 15.2 Å². The molecule has 2 rings (SSSR count). The lowest BCUT2D eigenvalue weighted by Crippen LogP contribution is -2.38. The van der Waals surface area contributed by atoms with E-state index in [1.165, 1.54) is 0 Å². The van der Waals surface area contributed by atoms with Crippen LogP contribution in [0, 0.1) is 6.92 Å². The van der Waals surface area contributed by atoms with Gasteiger partial charge >= 0.3 is 12.2 Å². The number of nitrogens with zero attached hydrogens (tertiary/aromatic N) is 2. The molecule has 0 spiro atoms. The molecule has 0 aliphatic heterocycles. The number of nitrogens with one attached hydrogen (secondary N) is 2. The first-order chi connectivity index (χ1) is 13.7. The molecule has 2 unspecified atom stereocenters. The lowest BCUT2D eigenvalue weighted by Gasteiger charge is -2.18. The van der Waals surface area contributed by atoms with Crippen LogP contribution < -0.4 is 21.5 Å². The van der Waals surface area contributed by atoms with Crippen molar-refractivity contribution < 1.29 is 26.6 Å². The molecule has 6 N–H and O–H groups in total. The molecule has 1 heterocycles. The number of hydrogen-bond acceptors (Lipinski definition) is 5. The molecule has 0 radical (unpaired) electrons. The van der Waals surface area contributed by atoms with Crippen molar-refractivity contribution in [2.45, 2.75) is 57.6 Å². The highest BCUT2D eigenvalue weighted by Crippen LogP contribution is 2.38. The zero-order valence-electron chi connectivity index (χ0n) is 16.6. The fourth-order valence-electron chi connectivity index (χ4n) is 2.94. The van der Waals surface area contributed by atoms with Crippen LogP contribution in [0.3, 0.4) is 0 Å². The molecule has 2 atom stereocenters. The highest BCUT2D eigenvalue weighted by molar-refractivity contribution is 7.92. The lowest BCUT2D eigenvalue weighted by molar-refractivity contribution is -0.141. The smallest absolute Gasteiger partial charge is 0.387 e. The van der Waals surface area contributed by atoms with Gasteiger partial charge in [0.05, 0.1) is 5.69 Å². The molecule has 13 heteroatoms. The van der Waals surface area contributed by atoms with Gasteiger partial charge in [-0.2, -0.15) is 13.2 Å². The Kier molecular flexibility index (Phi) is 7.09. The van der Waals surface area contributed by atoms with Gasteiger partial charge in [0.2, 0.25) is 0 Å². The van der Waals surface area contributed by atoms with Gasteiger partial charge < -0.3 is 16.4 Å². The number of hydrogen-bond donors (Lipinski definition) is 4. The molecule has 1 aromatic rings. The average Bonchev–Trinajstić information content (AvgIpc) is 3.08. The van der Waals surface area contributed by atoms with Crippen LogP contribution in [-0.2, 0) is 28.9 Å². The Hall–Kier alpha value is -2.25. The Morgan fingerprint density at radius 1 is 1.33 bits per heavy atom. The molecule has 1 aliphatic rings. The molecule has 1 aromatic heterocycles. The number of nitrogens with two attached hydrogens (primary N) is 2.